The molecule has 0 aliphatic heterocycles. The molecule has 5 aromatic rings. The standard InChI is InChI=1S/C31H25NO3/c1-20-16-21(2)30-27(17-20)28(19-29(32-30)24-10-7-11-26(18-24)34-3)31(33)35-25-14-12-23(13-15-25)22-8-5-4-6-9-22/h4-19H,1-3H3. The molecule has 0 aliphatic rings. The second-order valence-electron chi connectivity index (χ2n) is 8.54. The van der Waals surface area contributed by atoms with Crippen molar-refractivity contribution in [2.45, 2.75) is 13.8 Å². The Morgan fingerprint density at radius 1 is 0.714 bits per heavy atom. The van der Waals surface area contributed by atoms with Crippen molar-refractivity contribution in [3.05, 3.63) is 114 Å². The maximum Gasteiger partial charge on any atom is 0.344 e. The van der Waals surface area contributed by atoms with E-state index in [1.165, 1.54) is 0 Å². The number of benzene rings is 4. The number of carbonyl (C=O) groups is 1. The number of methoxy groups -OCH3 is 1. The van der Waals surface area contributed by atoms with Gasteiger partial charge in [0.05, 0.1) is 23.9 Å². The van der Waals surface area contributed by atoms with E-state index < -0.39 is 5.97 Å². The molecular formula is C31H25NO3. The minimum Gasteiger partial charge on any atom is -0.497 e. The monoisotopic (exact) mass is 459 g/mol. The molecule has 1 aromatic heterocycles. The highest BCUT2D eigenvalue weighted by Gasteiger charge is 2.18. The topological polar surface area (TPSA) is 48.4 Å². The van der Waals surface area contributed by atoms with Gasteiger partial charge >= 0.3 is 5.97 Å². The van der Waals surface area contributed by atoms with Gasteiger partial charge in [0.1, 0.15) is 11.5 Å². The number of ether oxygens (including phenoxy) is 2. The fourth-order valence-electron chi connectivity index (χ4n) is 4.29. The van der Waals surface area contributed by atoms with Gasteiger partial charge in [-0.15, -0.1) is 0 Å². The van der Waals surface area contributed by atoms with Gasteiger partial charge in [0.2, 0.25) is 0 Å². The van der Waals surface area contributed by atoms with Crippen LogP contribution in [0.3, 0.4) is 0 Å². The average Bonchev–Trinajstić information content (AvgIpc) is 2.89. The number of esters is 1. The molecule has 0 bridgehead atoms. The highest BCUT2D eigenvalue weighted by Crippen LogP contribution is 2.30. The number of fused-ring (bicyclic) bond motifs is 1. The van der Waals surface area contributed by atoms with Crippen molar-refractivity contribution in [1.29, 1.82) is 0 Å². The molecule has 1 heterocycles. The van der Waals surface area contributed by atoms with Gasteiger partial charge in [0, 0.05) is 10.9 Å². The molecule has 5 rings (SSSR count). The summed E-state index contributed by atoms with van der Waals surface area (Å²) in [7, 11) is 1.63. The smallest absolute Gasteiger partial charge is 0.344 e. The molecule has 0 N–H and O–H groups in total. The SMILES string of the molecule is COc1cccc(-c2cc(C(=O)Oc3ccc(-c4ccccc4)cc3)c3cc(C)cc(C)c3n2)c1. The molecule has 35 heavy (non-hydrogen) atoms. The Balaban J connectivity index is 1.54. The van der Waals surface area contributed by atoms with Crippen LogP contribution in [0.15, 0.2) is 97.1 Å². The molecule has 0 amide bonds. The number of hydrogen-bond acceptors (Lipinski definition) is 4. The Morgan fingerprint density at radius 3 is 2.17 bits per heavy atom. The largest absolute Gasteiger partial charge is 0.497 e. The van der Waals surface area contributed by atoms with Crippen LogP contribution in [0.5, 0.6) is 11.5 Å². The fourth-order valence-corrected chi connectivity index (χ4v) is 4.29. The summed E-state index contributed by atoms with van der Waals surface area (Å²) in [4.78, 5) is 18.3. The first-order valence-corrected chi connectivity index (χ1v) is 11.5. The lowest BCUT2D eigenvalue weighted by Gasteiger charge is -2.13. The molecule has 0 atom stereocenters. The fraction of sp³-hybridized carbons (Fsp3) is 0.0968. The maximum absolute atomic E-state index is 13.4. The molecule has 0 saturated carbocycles. The number of hydrogen-bond donors (Lipinski definition) is 0. The number of aromatic nitrogens is 1. The van der Waals surface area contributed by atoms with E-state index in [4.69, 9.17) is 14.5 Å². The number of nitrogens with zero attached hydrogens (tertiary/aromatic N) is 1. The summed E-state index contributed by atoms with van der Waals surface area (Å²) in [5.41, 5.74) is 7.06. The van der Waals surface area contributed by atoms with Gasteiger partial charge in [-0.25, -0.2) is 9.78 Å². The third-order valence-electron chi connectivity index (χ3n) is 6.01. The maximum atomic E-state index is 13.4. The van der Waals surface area contributed by atoms with E-state index in [2.05, 4.69) is 18.2 Å². The predicted octanol–water partition coefficient (Wildman–Crippen LogP) is 7.41. The lowest BCUT2D eigenvalue weighted by Crippen LogP contribution is -2.10. The van der Waals surface area contributed by atoms with Crippen molar-refractivity contribution in [1.82, 2.24) is 4.98 Å². The van der Waals surface area contributed by atoms with Gasteiger partial charge < -0.3 is 9.47 Å². The molecule has 4 heteroatoms. The predicted molar refractivity (Wildman–Crippen MR) is 140 cm³/mol. The minimum absolute atomic E-state index is 0.418. The summed E-state index contributed by atoms with van der Waals surface area (Å²) < 4.78 is 11.2. The average molecular weight is 460 g/mol. The third-order valence-corrected chi connectivity index (χ3v) is 6.01. The second-order valence-corrected chi connectivity index (χ2v) is 8.54. The van der Waals surface area contributed by atoms with Gasteiger partial charge in [0.15, 0.2) is 0 Å². The van der Waals surface area contributed by atoms with Crippen molar-refractivity contribution in [2.24, 2.45) is 0 Å². The summed E-state index contributed by atoms with van der Waals surface area (Å²) in [6, 6.07) is 31.2. The molecule has 0 aliphatic carbocycles. The summed E-state index contributed by atoms with van der Waals surface area (Å²) in [5.74, 6) is 0.804. The van der Waals surface area contributed by atoms with E-state index in [0.717, 1.165) is 44.5 Å². The van der Waals surface area contributed by atoms with Gasteiger partial charge in [-0.2, -0.15) is 0 Å². The molecule has 4 nitrogen and oxygen atoms in total. The zero-order valence-corrected chi connectivity index (χ0v) is 19.9. The van der Waals surface area contributed by atoms with Crippen molar-refractivity contribution in [3.63, 3.8) is 0 Å². The number of aryl methyl sites for hydroxylation is 2. The van der Waals surface area contributed by atoms with Gasteiger partial charge in [-0.05, 0) is 66.9 Å². The van der Waals surface area contributed by atoms with Crippen LogP contribution in [-0.4, -0.2) is 18.1 Å². The van der Waals surface area contributed by atoms with E-state index in [9.17, 15) is 4.79 Å². The lowest BCUT2D eigenvalue weighted by molar-refractivity contribution is 0.0737. The van der Waals surface area contributed by atoms with E-state index in [0.29, 0.717) is 17.0 Å². The summed E-state index contributed by atoms with van der Waals surface area (Å²) >= 11 is 0. The Morgan fingerprint density at radius 2 is 1.43 bits per heavy atom. The van der Waals surface area contributed by atoms with E-state index in [1.54, 1.807) is 13.2 Å². The minimum atomic E-state index is -0.418. The molecule has 4 aromatic carbocycles. The van der Waals surface area contributed by atoms with Crippen molar-refractivity contribution in [3.8, 4) is 33.9 Å². The number of rotatable bonds is 5. The quantitative estimate of drug-likeness (QED) is 0.203. The highest BCUT2D eigenvalue weighted by atomic mass is 16.5. The van der Waals surface area contributed by atoms with Crippen molar-refractivity contribution >= 4 is 16.9 Å². The Labute approximate surface area is 204 Å². The van der Waals surface area contributed by atoms with Crippen LogP contribution in [0, 0.1) is 13.8 Å². The van der Waals surface area contributed by atoms with Crippen LogP contribution in [-0.2, 0) is 0 Å². The summed E-state index contributed by atoms with van der Waals surface area (Å²) in [6.07, 6.45) is 0. The lowest BCUT2D eigenvalue weighted by atomic mass is 9.99. The first kappa shape index (κ1) is 22.4. The van der Waals surface area contributed by atoms with Gasteiger partial charge in [-0.3, -0.25) is 0 Å². The zero-order valence-electron chi connectivity index (χ0n) is 19.9. The molecule has 0 radical (unpaired) electrons. The Kier molecular flexibility index (Phi) is 6.02. The molecule has 172 valence electrons. The Hall–Kier alpha value is -4.44. The first-order valence-electron chi connectivity index (χ1n) is 11.5. The highest BCUT2D eigenvalue weighted by molar-refractivity contribution is 6.06. The van der Waals surface area contributed by atoms with Crippen molar-refractivity contribution < 1.29 is 14.3 Å². The van der Waals surface area contributed by atoms with Crippen LogP contribution in [0.1, 0.15) is 21.5 Å². The van der Waals surface area contributed by atoms with Gasteiger partial charge in [0.25, 0.3) is 0 Å². The van der Waals surface area contributed by atoms with Crippen LogP contribution in [0.25, 0.3) is 33.3 Å². The zero-order chi connectivity index (χ0) is 24.4. The number of carbonyl (C=O) groups excluding carboxylic acids is 1. The first-order chi connectivity index (χ1) is 17.0. The summed E-state index contributed by atoms with van der Waals surface area (Å²) in [6.45, 7) is 4.02. The normalized spacial score (nSPS) is 10.8. The molecule has 0 unspecified atom stereocenters. The Bertz CT molecular complexity index is 1520. The molecule has 0 spiro atoms. The van der Waals surface area contributed by atoms with Crippen LogP contribution < -0.4 is 9.47 Å². The number of pyridine rings is 1. The molecular weight excluding hydrogens is 434 g/mol. The van der Waals surface area contributed by atoms with E-state index >= 15 is 0 Å². The molecule has 0 fully saturated rings. The van der Waals surface area contributed by atoms with Gasteiger partial charge in [-0.1, -0.05) is 66.2 Å². The van der Waals surface area contributed by atoms with E-state index in [-0.39, 0.29) is 0 Å². The molecule has 0 saturated heterocycles. The second kappa shape index (κ2) is 9.43. The van der Waals surface area contributed by atoms with Crippen molar-refractivity contribution in [2.75, 3.05) is 7.11 Å². The van der Waals surface area contributed by atoms with Crippen LogP contribution in [0.4, 0.5) is 0 Å². The van der Waals surface area contributed by atoms with Crippen LogP contribution in [0.2, 0.25) is 0 Å². The summed E-state index contributed by atoms with van der Waals surface area (Å²) in [5, 5.41) is 0.778. The third kappa shape index (κ3) is 4.64. The van der Waals surface area contributed by atoms with E-state index in [1.807, 2.05) is 86.6 Å². The van der Waals surface area contributed by atoms with Crippen LogP contribution >= 0.6 is 0 Å².